The highest BCUT2D eigenvalue weighted by Crippen LogP contribution is 2.23. The van der Waals surface area contributed by atoms with Crippen LogP contribution in [0.25, 0.3) is 0 Å². The van der Waals surface area contributed by atoms with Crippen molar-refractivity contribution in [3.05, 3.63) is 11.4 Å². The van der Waals surface area contributed by atoms with E-state index in [0.717, 1.165) is 25.7 Å². The van der Waals surface area contributed by atoms with Crippen LogP contribution in [0.2, 0.25) is 0 Å². The molecular formula is C11H16ClN3O3S. The van der Waals surface area contributed by atoms with Gasteiger partial charge >= 0.3 is 0 Å². The van der Waals surface area contributed by atoms with Gasteiger partial charge in [-0.3, -0.25) is 9.89 Å². The lowest BCUT2D eigenvalue weighted by molar-refractivity contribution is 0.0919. The summed E-state index contributed by atoms with van der Waals surface area (Å²) in [5.41, 5.74) is 0.113. The average Bonchev–Trinajstić information content (AvgIpc) is 2.72. The van der Waals surface area contributed by atoms with Crippen LogP contribution in [0.1, 0.15) is 48.3 Å². The van der Waals surface area contributed by atoms with Gasteiger partial charge in [-0.15, -0.1) is 0 Å². The number of hydrogen-bond donors (Lipinski definition) is 2. The van der Waals surface area contributed by atoms with E-state index in [2.05, 4.69) is 15.5 Å². The van der Waals surface area contributed by atoms with E-state index in [1.165, 1.54) is 13.3 Å². The first-order valence-electron chi connectivity index (χ1n) is 6.20. The molecule has 0 radical (unpaired) electrons. The van der Waals surface area contributed by atoms with E-state index in [0.29, 0.717) is 0 Å². The Morgan fingerprint density at radius 1 is 1.37 bits per heavy atom. The van der Waals surface area contributed by atoms with Gasteiger partial charge in [-0.25, -0.2) is 8.42 Å². The summed E-state index contributed by atoms with van der Waals surface area (Å²) in [5.74, 6) is -0.490. The maximum atomic E-state index is 12.1. The molecule has 1 aliphatic rings. The molecule has 0 bridgehead atoms. The molecule has 1 amide bonds. The Labute approximate surface area is 116 Å². The zero-order valence-electron chi connectivity index (χ0n) is 10.6. The fraction of sp³-hybridized carbons (Fsp3) is 0.636. The maximum absolute atomic E-state index is 12.1. The van der Waals surface area contributed by atoms with Crippen LogP contribution in [0.4, 0.5) is 0 Å². The summed E-state index contributed by atoms with van der Waals surface area (Å²) in [6, 6.07) is 0.0872. The summed E-state index contributed by atoms with van der Waals surface area (Å²) in [7, 11) is 1.34. The van der Waals surface area contributed by atoms with Gasteiger partial charge in [0.05, 0.1) is 5.69 Å². The fourth-order valence-corrected chi connectivity index (χ4v) is 3.72. The van der Waals surface area contributed by atoms with Crippen LogP contribution in [0.3, 0.4) is 0 Å². The quantitative estimate of drug-likeness (QED) is 0.832. The number of nitrogens with one attached hydrogen (secondary N) is 2. The molecule has 6 nitrogen and oxygen atoms in total. The molecule has 2 rings (SSSR count). The lowest BCUT2D eigenvalue weighted by atomic mass is 9.95. The fourth-order valence-electron chi connectivity index (χ4n) is 2.37. The van der Waals surface area contributed by atoms with Gasteiger partial charge in [-0.1, -0.05) is 19.3 Å². The molecule has 1 aromatic heterocycles. The second kappa shape index (κ2) is 5.50. The minimum absolute atomic E-state index is 0.0872. The molecular weight excluding hydrogens is 290 g/mol. The summed E-state index contributed by atoms with van der Waals surface area (Å²) in [4.78, 5) is 11.8. The number of amides is 1. The van der Waals surface area contributed by atoms with Crippen molar-refractivity contribution >= 4 is 25.6 Å². The molecule has 19 heavy (non-hydrogen) atoms. The van der Waals surface area contributed by atoms with Crippen molar-refractivity contribution in [2.45, 2.75) is 50.0 Å². The van der Waals surface area contributed by atoms with E-state index in [4.69, 9.17) is 10.7 Å². The van der Waals surface area contributed by atoms with E-state index in [-0.39, 0.29) is 22.3 Å². The first kappa shape index (κ1) is 14.3. The molecule has 2 N–H and O–H groups in total. The van der Waals surface area contributed by atoms with E-state index >= 15 is 0 Å². The summed E-state index contributed by atoms with van der Waals surface area (Å²) in [6.45, 7) is 1.51. The van der Waals surface area contributed by atoms with E-state index in [1.54, 1.807) is 0 Å². The predicted molar refractivity (Wildman–Crippen MR) is 70.7 cm³/mol. The van der Waals surface area contributed by atoms with E-state index in [1.807, 2.05) is 0 Å². The Kier molecular flexibility index (Phi) is 4.15. The molecule has 1 heterocycles. The smallest absolute Gasteiger partial charge is 0.273 e. The molecule has 0 atom stereocenters. The third-order valence-electron chi connectivity index (χ3n) is 3.29. The van der Waals surface area contributed by atoms with Gasteiger partial charge in [0.1, 0.15) is 4.90 Å². The standard InChI is InChI=1S/C11H16ClN3O3S/c1-7-10(19(12,17)18)9(15-14-7)11(16)13-8-5-3-2-4-6-8/h8H,2-6H2,1H3,(H,13,16)(H,14,15). The number of nitrogens with zero attached hydrogens (tertiary/aromatic N) is 1. The first-order chi connectivity index (χ1) is 8.89. The van der Waals surface area contributed by atoms with Crippen molar-refractivity contribution < 1.29 is 13.2 Å². The number of aromatic amines is 1. The summed E-state index contributed by atoms with van der Waals surface area (Å²) in [5, 5.41) is 9.05. The molecule has 106 valence electrons. The van der Waals surface area contributed by atoms with Crippen molar-refractivity contribution in [3.63, 3.8) is 0 Å². The third kappa shape index (κ3) is 3.27. The van der Waals surface area contributed by atoms with Crippen LogP contribution in [0, 0.1) is 6.92 Å². The Morgan fingerprint density at radius 3 is 2.58 bits per heavy atom. The highest BCUT2D eigenvalue weighted by Gasteiger charge is 2.28. The topological polar surface area (TPSA) is 91.9 Å². The average molecular weight is 306 g/mol. The molecule has 0 unspecified atom stereocenters. The second-order valence-corrected chi connectivity index (χ2v) is 7.28. The van der Waals surface area contributed by atoms with Crippen LogP contribution in [-0.4, -0.2) is 30.6 Å². The van der Waals surface area contributed by atoms with E-state index in [9.17, 15) is 13.2 Å². The normalized spacial score (nSPS) is 17.4. The number of aryl methyl sites for hydroxylation is 1. The van der Waals surface area contributed by atoms with Gasteiger partial charge in [0, 0.05) is 16.7 Å². The monoisotopic (exact) mass is 305 g/mol. The minimum atomic E-state index is -3.99. The van der Waals surface area contributed by atoms with Crippen molar-refractivity contribution in [1.29, 1.82) is 0 Å². The highest BCUT2D eigenvalue weighted by molar-refractivity contribution is 8.13. The van der Waals surface area contributed by atoms with Gasteiger partial charge in [0.2, 0.25) is 0 Å². The Bertz CT molecular complexity index is 576. The van der Waals surface area contributed by atoms with E-state index < -0.39 is 15.0 Å². The maximum Gasteiger partial charge on any atom is 0.273 e. The van der Waals surface area contributed by atoms with Crippen LogP contribution >= 0.6 is 10.7 Å². The van der Waals surface area contributed by atoms with Crippen LogP contribution in [-0.2, 0) is 9.05 Å². The number of aromatic nitrogens is 2. The molecule has 0 saturated heterocycles. The zero-order chi connectivity index (χ0) is 14.0. The van der Waals surface area contributed by atoms with Crippen LogP contribution in [0.15, 0.2) is 4.90 Å². The van der Waals surface area contributed by atoms with Crippen molar-refractivity contribution in [2.24, 2.45) is 0 Å². The number of H-pyrrole nitrogens is 1. The van der Waals surface area contributed by atoms with Gasteiger partial charge in [0.15, 0.2) is 5.69 Å². The number of halogens is 1. The molecule has 0 aromatic carbocycles. The summed E-state index contributed by atoms with van der Waals surface area (Å²) in [6.07, 6.45) is 5.15. The third-order valence-corrected chi connectivity index (χ3v) is 4.74. The highest BCUT2D eigenvalue weighted by atomic mass is 35.7. The Hall–Kier alpha value is -1.08. The molecule has 0 spiro atoms. The lowest BCUT2D eigenvalue weighted by Crippen LogP contribution is -2.36. The molecule has 1 aromatic rings. The Balaban J connectivity index is 2.20. The van der Waals surface area contributed by atoms with Gasteiger partial charge in [-0.05, 0) is 19.8 Å². The summed E-state index contributed by atoms with van der Waals surface area (Å²) < 4.78 is 22.9. The molecule has 1 saturated carbocycles. The number of carbonyl (C=O) groups excluding carboxylic acids is 1. The Morgan fingerprint density at radius 2 is 2.00 bits per heavy atom. The predicted octanol–water partition coefficient (Wildman–Crippen LogP) is 1.71. The van der Waals surface area contributed by atoms with Crippen molar-refractivity contribution in [2.75, 3.05) is 0 Å². The van der Waals surface area contributed by atoms with Gasteiger partial charge in [0.25, 0.3) is 15.0 Å². The largest absolute Gasteiger partial charge is 0.348 e. The van der Waals surface area contributed by atoms with Gasteiger partial charge < -0.3 is 5.32 Å². The molecule has 1 fully saturated rings. The van der Waals surface area contributed by atoms with Crippen molar-refractivity contribution in [3.8, 4) is 0 Å². The summed E-state index contributed by atoms with van der Waals surface area (Å²) >= 11 is 0. The van der Waals surface area contributed by atoms with Crippen molar-refractivity contribution in [1.82, 2.24) is 15.5 Å². The lowest BCUT2D eigenvalue weighted by Gasteiger charge is -2.22. The molecule has 0 aliphatic heterocycles. The SMILES string of the molecule is Cc1[nH]nc(C(=O)NC2CCCCC2)c1S(=O)(=O)Cl. The number of hydrogen-bond acceptors (Lipinski definition) is 4. The van der Waals surface area contributed by atoms with Crippen LogP contribution < -0.4 is 5.32 Å². The second-order valence-electron chi connectivity index (χ2n) is 4.77. The molecule has 1 aliphatic carbocycles. The van der Waals surface area contributed by atoms with Gasteiger partial charge in [-0.2, -0.15) is 5.10 Å². The van der Waals surface area contributed by atoms with Crippen LogP contribution in [0.5, 0.6) is 0 Å². The molecule has 8 heteroatoms. The first-order valence-corrected chi connectivity index (χ1v) is 8.51. The minimum Gasteiger partial charge on any atom is -0.348 e. The number of carbonyl (C=O) groups is 1. The zero-order valence-corrected chi connectivity index (χ0v) is 12.1. The number of rotatable bonds is 3.